The lowest BCUT2D eigenvalue weighted by Gasteiger charge is -2.08. The predicted molar refractivity (Wildman–Crippen MR) is 72.8 cm³/mol. The SMILES string of the molecule is N#CCCSc1ccccc1NC(=O)/C=C/C(=O)O. The van der Waals surface area contributed by atoms with Crippen molar-refractivity contribution in [2.24, 2.45) is 0 Å². The topological polar surface area (TPSA) is 90.2 Å². The third-order valence-electron chi connectivity index (χ3n) is 1.99. The molecule has 5 nitrogen and oxygen atoms in total. The molecule has 0 atom stereocenters. The first-order chi connectivity index (χ1) is 9.13. The number of thioether (sulfide) groups is 1. The van der Waals surface area contributed by atoms with Crippen LogP contribution in [0.3, 0.4) is 0 Å². The number of anilines is 1. The molecule has 0 fully saturated rings. The quantitative estimate of drug-likeness (QED) is 0.472. The van der Waals surface area contributed by atoms with Crippen molar-refractivity contribution in [2.45, 2.75) is 11.3 Å². The van der Waals surface area contributed by atoms with Crippen LogP contribution < -0.4 is 5.32 Å². The van der Waals surface area contributed by atoms with Gasteiger partial charge in [0.1, 0.15) is 0 Å². The molecule has 0 heterocycles. The number of carboxylic acid groups (broad SMARTS) is 1. The number of hydrogen-bond donors (Lipinski definition) is 2. The van der Waals surface area contributed by atoms with Gasteiger partial charge >= 0.3 is 5.97 Å². The highest BCUT2D eigenvalue weighted by molar-refractivity contribution is 7.99. The van der Waals surface area contributed by atoms with Crippen molar-refractivity contribution in [3.8, 4) is 6.07 Å². The van der Waals surface area contributed by atoms with Gasteiger partial charge < -0.3 is 10.4 Å². The minimum absolute atomic E-state index is 0.422. The van der Waals surface area contributed by atoms with Crippen LogP contribution in [0.2, 0.25) is 0 Å². The number of carbonyl (C=O) groups excluding carboxylic acids is 1. The van der Waals surface area contributed by atoms with Gasteiger partial charge in [0.05, 0.1) is 11.8 Å². The summed E-state index contributed by atoms with van der Waals surface area (Å²) in [6, 6.07) is 9.20. The van der Waals surface area contributed by atoms with E-state index in [-0.39, 0.29) is 0 Å². The summed E-state index contributed by atoms with van der Waals surface area (Å²) < 4.78 is 0. The Balaban J connectivity index is 2.69. The van der Waals surface area contributed by atoms with Crippen LogP contribution in [0.1, 0.15) is 6.42 Å². The number of amides is 1. The molecule has 98 valence electrons. The summed E-state index contributed by atoms with van der Waals surface area (Å²) in [5, 5.41) is 19.5. The average Bonchev–Trinajstić information content (AvgIpc) is 2.39. The molecule has 0 aliphatic rings. The van der Waals surface area contributed by atoms with Gasteiger partial charge in [-0.2, -0.15) is 5.26 Å². The van der Waals surface area contributed by atoms with Gasteiger partial charge in [-0.25, -0.2) is 4.79 Å². The van der Waals surface area contributed by atoms with Crippen molar-refractivity contribution in [1.29, 1.82) is 5.26 Å². The maximum atomic E-state index is 11.5. The molecule has 19 heavy (non-hydrogen) atoms. The number of hydrogen-bond acceptors (Lipinski definition) is 4. The fraction of sp³-hybridized carbons (Fsp3) is 0.154. The summed E-state index contributed by atoms with van der Waals surface area (Å²) >= 11 is 1.46. The largest absolute Gasteiger partial charge is 0.478 e. The van der Waals surface area contributed by atoms with E-state index in [1.165, 1.54) is 11.8 Å². The van der Waals surface area contributed by atoms with Gasteiger partial charge in [-0.1, -0.05) is 12.1 Å². The number of carboxylic acids is 1. The van der Waals surface area contributed by atoms with E-state index in [1.54, 1.807) is 12.1 Å². The minimum atomic E-state index is -1.17. The second-order valence-electron chi connectivity index (χ2n) is 3.41. The third-order valence-corrected chi connectivity index (χ3v) is 3.07. The lowest BCUT2D eigenvalue weighted by molar-refractivity contribution is -0.131. The molecule has 1 aromatic carbocycles. The molecule has 0 unspecified atom stereocenters. The van der Waals surface area contributed by atoms with Crippen LogP contribution in [-0.4, -0.2) is 22.7 Å². The zero-order valence-corrected chi connectivity index (χ0v) is 10.8. The molecule has 0 spiro atoms. The summed E-state index contributed by atoms with van der Waals surface area (Å²) in [6.45, 7) is 0. The Labute approximate surface area is 114 Å². The molecular weight excluding hydrogens is 264 g/mol. The Bertz CT molecular complexity index is 535. The maximum absolute atomic E-state index is 11.5. The van der Waals surface area contributed by atoms with Crippen molar-refractivity contribution in [3.05, 3.63) is 36.4 Å². The number of benzene rings is 1. The van der Waals surface area contributed by atoms with Crippen LogP contribution in [0.4, 0.5) is 5.69 Å². The van der Waals surface area contributed by atoms with Crippen LogP contribution >= 0.6 is 11.8 Å². The second-order valence-corrected chi connectivity index (χ2v) is 4.55. The highest BCUT2D eigenvalue weighted by Crippen LogP contribution is 2.27. The first-order valence-corrected chi connectivity index (χ1v) is 6.43. The van der Waals surface area contributed by atoms with Gasteiger partial charge in [-0.15, -0.1) is 11.8 Å². The predicted octanol–water partition coefficient (Wildman–Crippen LogP) is 2.27. The Hall–Kier alpha value is -2.26. The van der Waals surface area contributed by atoms with Gasteiger partial charge in [-0.3, -0.25) is 4.79 Å². The van der Waals surface area contributed by atoms with Crippen molar-refractivity contribution in [2.75, 3.05) is 11.1 Å². The highest BCUT2D eigenvalue weighted by Gasteiger charge is 2.05. The van der Waals surface area contributed by atoms with Crippen molar-refractivity contribution >= 4 is 29.3 Å². The van der Waals surface area contributed by atoms with Gasteiger partial charge in [0.2, 0.25) is 5.91 Å². The van der Waals surface area contributed by atoms with Crippen molar-refractivity contribution in [3.63, 3.8) is 0 Å². The summed E-state index contributed by atoms with van der Waals surface area (Å²) in [4.78, 5) is 22.6. The highest BCUT2D eigenvalue weighted by atomic mass is 32.2. The summed E-state index contributed by atoms with van der Waals surface area (Å²) in [5.74, 6) is -1.04. The zero-order valence-electron chi connectivity index (χ0n) is 10.00. The van der Waals surface area contributed by atoms with Gasteiger partial charge in [0.15, 0.2) is 0 Å². The molecule has 6 heteroatoms. The normalized spacial score (nSPS) is 10.1. The number of nitriles is 1. The Morgan fingerprint density at radius 3 is 2.79 bits per heavy atom. The number of nitrogens with one attached hydrogen (secondary N) is 1. The smallest absolute Gasteiger partial charge is 0.328 e. The molecule has 1 aromatic rings. The van der Waals surface area contributed by atoms with E-state index >= 15 is 0 Å². The zero-order chi connectivity index (χ0) is 14.1. The fourth-order valence-electron chi connectivity index (χ4n) is 1.22. The molecule has 0 aliphatic heterocycles. The van der Waals surface area contributed by atoms with Gasteiger partial charge in [0, 0.05) is 29.2 Å². The molecule has 1 amide bonds. The van der Waals surface area contributed by atoms with Crippen LogP contribution in [0.15, 0.2) is 41.3 Å². The molecule has 0 saturated heterocycles. The van der Waals surface area contributed by atoms with Gasteiger partial charge in [-0.05, 0) is 12.1 Å². The number of aliphatic carboxylic acids is 1. The molecule has 0 aliphatic carbocycles. The van der Waals surface area contributed by atoms with E-state index in [1.807, 2.05) is 18.2 Å². The van der Waals surface area contributed by atoms with E-state index in [0.29, 0.717) is 17.9 Å². The molecular formula is C13H12N2O3S. The van der Waals surface area contributed by atoms with E-state index in [2.05, 4.69) is 5.32 Å². The van der Waals surface area contributed by atoms with Crippen LogP contribution in [0, 0.1) is 11.3 Å². The molecule has 0 radical (unpaired) electrons. The van der Waals surface area contributed by atoms with E-state index < -0.39 is 11.9 Å². The first kappa shape index (κ1) is 14.8. The Kier molecular flexibility index (Phi) is 6.19. The van der Waals surface area contributed by atoms with Gasteiger partial charge in [0.25, 0.3) is 0 Å². The Morgan fingerprint density at radius 1 is 1.37 bits per heavy atom. The van der Waals surface area contributed by atoms with Crippen LogP contribution in [0.5, 0.6) is 0 Å². The monoisotopic (exact) mass is 276 g/mol. The van der Waals surface area contributed by atoms with E-state index in [9.17, 15) is 9.59 Å². The Morgan fingerprint density at radius 2 is 2.11 bits per heavy atom. The van der Waals surface area contributed by atoms with Crippen LogP contribution in [0.25, 0.3) is 0 Å². The number of nitrogens with zero attached hydrogens (tertiary/aromatic N) is 1. The lowest BCUT2D eigenvalue weighted by Crippen LogP contribution is -2.09. The van der Waals surface area contributed by atoms with Crippen molar-refractivity contribution < 1.29 is 14.7 Å². The second kappa shape index (κ2) is 7.95. The number of carbonyl (C=O) groups is 2. The maximum Gasteiger partial charge on any atom is 0.328 e. The molecule has 0 aromatic heterocycles. The molecule has 0 saturated carbocycles. The summed E-state index contributed by atoms with van der Waals surface area (Å²) in [5.41, 5.74) is 0.602. The average molecular weight is 276 g/mol. The van der Waals surface area contributed by atoms with E-state index in [0.717, 1.165) is 17.0 Å². The standard InChI is InChI=1S/C13H12N2O3S/c14-8-3-9-19-11-5-2-1-4-10(11)15-12(16)6-7-13(17)18/h1-2,4-7H,3,9H2,(H,15,16)(H,17,18)/b7-6+. The minimum Gasteiger partial charge on any atom is -0.478 e. The summed E-state index contributed by atoms with van der Waals surface area (Å²) in [6.07, 6.45) is 2.16. The third kappa shape index (κ3) is 5.75. The number of para-hydroxylation sites is 1. The number of rotatable bonds is 6. The summed E-state index contributed by atoms with van der Waals surface area (Å²) in [7, 11) is 0. The van der Waals surface area contributed by atoms with Crippen LogP contribution in [-0.2, 0) is 9.59 Å². The van der Waals surface area contributed by atoms with E-state index in [4.69, 9.17) is 10.4 Å². The molecule has 2 N–H and O–H groups in total. The fourth-order valence-corrected chi connectivity index (χ4v) is 2.09. The first-order valence-electron chi connectivity index (χ1n) is 5.44. The molecule has 0 bridgehead atoms. The van der Waals surface area contributed by atoms with Crippen molar-refractivity contribution in [1.82, 2.24) is 0 Å². The molecule has 1 rings (SSSR count). The lowest BCUT2D eigenvalue weighted by atomic mass is 10.3.